The molecule has 0 aliphatic carbocycles. The minimum absolute atomic E-state index is 0.224. The van der Waals surface area contributed by atoms with Crippen LogP contribution in [0.4, 0.5) is 8.78 Å². The largest absolute Gasteiger partial charge is 0.497 e. The second-order valence-electron chi connectivity index (χ2n) is 2.87. The molecular weight excluding hydrogens is 218 g/mol. The number of benzene rings is 1. The van der Waals surface area contributed by atoms with Crippen molar-refractivity contribution in [2.75, 3.05) is 21.0 Å². The molecule has 0 heterocycles. The molecule has 0 bridgehead atoms. The van der Waals surface area contributed by atoms with Crippen molar-refractivity contribution in [1.82, 2.24) is 0 Å². The molecule has 0 saturated heterocycles. The van der Waals surface area contributed by atoms with Crippen LogP contribution in [0, 0.1) is 0 Å². The molecule has 0 atom stereocenters. The minimum Gasteiger partial charge on any atom is -0.497 e. The van der Waals surface area contributed by atoms with E-state index in [1.165, 1.54) is 26.4 Å². The Hall–Kier alpha value is -1.62. The zero-order valence-corrected chi connectivity index (χ0v) is 9.00. The van der Waals surface area contributed by atoms with E-state index in [0.717, 1.165) is 0 Å². The summed E-state index contributed by atoms with van der Waals surface area (Å²) in [5.41, 5.74) is 0.276. The van der Waals surface area contributed by atoms with Crippen molar-refractivity contribution in [2.45, 2.75) is 0 Å². The average Bonchev–Trinajstić information content (AvgIpc) is 2.30. The molecular formula is C11H12F2O3. The zero-order valence-electron chi connectivity index (χ0n) is 9.00. The first kappa shape index (κ1) is 12.4. The number of halogens is 2. The predicted molar refractivity (Wildman–Crippen MR) is 55.1 cm³/mol. The third-order valence-electron chi connectivity index (χ3n) is 1.84. The standard InChI is InChI=1S/C11H12F2O3/c1-14-7-16-10(11(12)13)8-3-5-9(15-2)6-4-8/h3-6H,7H2,1-2H3. The van der Waals surface area contributed by atoms with Crippen LogP contribution in [0.15, 0.2) is 30.3 Å². The Bertz CT molecular complexity index is 356. The maximum Gasteiger partial charge on any atom is 0.312 e. The highest BCUT2D eigenvalue weighted by Gasteiger charge is 2.10. The molecule has 1 aromatic rings. The van der Waals surface area contributed by atoms with Gasteiger partial charge in [0.2, 0.25) is 0 Å². The second-order valence-corrected chi connectivity index (χ2v) is 2.87. The molecule has 0 saturated carbocycles. The fourth-order valence-electron chi connectivity index (χ4n) is 1.11. The Balaban J connectivity index is 2.90. The summed E-state index contributed by atoms with van der Waals surface area (Å²) in [6, 6.07) is 6.13. The van der Waals surface area contributed by atoms with E-state index in [-0.39, 0.29) is 12.4 Å². The summed E-state index contributed by atoms with van der Waals surface area (Å²) in [6.45, 7) is -0.224. The lowest BCUT2D eigenvalue weighted by Gasteiger charge is -2.09. The molecule has 3 nitrogen and oxygen atoms in total. The third-order valence-corrected chi connectivity index (χ3v) is 1.84. The van der Waals surface area contributed by atoms with Gasteiger partial charge in [-0.25, -0.2) is 0 Å². The van der Waals surface area contributed by atoms with Gasteiger partial charge in [-0.2, -0.15) is 8.78 Å². The van der Waals surface area contributed by atoms with Gasteiger partial charge >= 0.3 is 6.08 Å². The fourth-order valence-corrected chi connectivity index (χ4v) is 1.11. The monoisotopic (exact) mass is 230 g/mol. The average molecular weight is 230 g/mol. The molecule has 0 fully saturated rings. The van der Waals surface area contributed by atoms with Crippen molar-refractivity contribution in [2.24, 2.45) is 0 Å². The Morgan fingerprint density at radius 1 is 1.12 bits per heavy atom. The lowest BCUT2D eigenvalue weighted by atomic mass is 10.2. The van der Waals surface area contributed by atoms with E-state index < -0.39 is 11.8 Å². The normalized spacial score (nSPS) is 9.75. The van der Waals surface area contributed by atoms with Gasteiger partial charge in [-0.15, -0.1) is 0 Å². The molecule has 88 valence electrons. The molecule has 0 aromatic heterocycles. The quantitative estimate of drug-likeness (QED) is 0.575. The Morgan fingerprint density at radius 3 is 2.19 bits per heavy atom. The molecule has 5 heteroatoms. The predicted octanol–water partition coefficient (Wildman–Crippen LogP) is 2.88. The zero-order chi connectivity index (χ0) is 12.0. The molecule has 1 rings (SSSR count). The van der Waals surface area contributed by atoms with Crippen LogP contribution in [-0.4, -0.2) is 21.0 Å². The molecule has 0 radical (unpaired) electrons. The highest BCUT2D eigenvalue weighted by Crippen LogP contribution is 2.24. The van der Waals surface area contributed by atoms with Crippen LogP contribution in [-0.2, 0) is 9.47 Å². The smallest absolute Gasteiger partial charge is 0.312 e. The first-order chi connectivity index (χ1) is 7.69. The summed E-state index contributed by atoms with van der Waals surface area (Å²) in [7, 11) is 2.87. The molecule has 0 spiro atoms. The summed E-state index contributed by atoms with van der Waals surface area (Å²) in [5, 5.41) is 0. The molecule has 0 aliphatic rings. The summed E-state index contributed by atoms with van der Waals surface area (Å²) >= 11 is 0. The summed E-state index contributed by atoms with van der Waals surface area (Å²) < 4.78 is 39.4. The van der Waals surface area contributed by atoms with Gasteiger partial charge in [-0.3, -0.25) is 0 Å². The fraction of sp³-hybridized carbons (Fsp3) is 0.273. The van der Waals surface area contributed by atoms with E-state index >= 15 is 0 Å². The van der Waals surface area contributed by atoms with E-state index in [0.29, 0.717) is 5.75 Å². The van der Waals surface area contributed by atoms with E-state index in [1.54, 1.807) is 12.1 Å². The van der Waals surface area contributed by atoms with Gasteiger partial charge in [0.25, 0.3) is 0 Å². The van der Waals surface area contributed by atoms with Crippen LogP contribution in [0.25, 0.3) is 5.76 Å². The molecule has 16 heavy (non-hydrogen) atoms. The van der Waals surface area contributed by atoms with Crippen LogP contribution >= 0.6 is 0 Å². The molecule has 0 aliphatic heterocycles. The molecule has 1 aromatic carbocycles. The van der Waals surface area contributed by atoms with Crippen molar-refractivity contribution in [1.29, 1.82) is 0 Å². The Kier molecular flexibility index (Phi) is 4.72. The van der Waals surface area contributed by atoms with Crippen LogP contribution in [0.2, 0.25) is 0 Å². The van der Waals surface area contributed by atoms with Crippen molar-refractivity contribution in [3.05, 3.63) is 35.9 Å². The topological polar surface area (TPSA) is 27.7 Å². The maximum absolute atomic E-state index is 12.6. The first-order valence-electron chi connectivity index (χ1n) is 4.50. The van der Waals surface area contributed by atoms with Gasteiger partial charge in [0, 0.05) is 12.7 Å². The van der Waals surface area contributed by atoms with E-state index in [2.05, 4.69) is 4.74 Å². The Labute approximate surface area is 92.2 Å². The third kappa shape index (κ3) is 3.20. The second kappa shape index (κ2) is 6.07. The van der Waals surface area contributed by atoms with Crippen LogP contribution in [0.3, 0.4) is 0 Å². The van der Waals surface area contributed by atoms with Crippen LogP contribution in [0.5, 0.6) is 5.75 Å². The molecule has 0 N–H and O–H groups in total. The van der Waals surface area contributed by atoms with Crippen molar-refractivity contribution < 1.29 is 23.0 Å². The van der Waals surface area contributed by atoms with Gasteiger partial charge in [0.05, 0.1) is 7.11 Å². The SMILES string of the molecule is COCOC(=C(F)F)c1ccc(OC)cc1. The number of hydrogen-bond donors (Lipinski definition) is 0. The summed E-state index contributed by atoms with van der Waals surface area (Å²) in [6.07, 6.45) is -1.89. The highest BCUT2D eigenvalue weighted by molar-refractivity contribution is 5.61. The van der Waals surface area contributed by atoms with Crippen molar-refractivity contribution in [3.8, 4) is 5.75 Å². The number of rotatable bonds is 5. The van der Waals surface area contributed by atoms with Gasteiger partial charge in [-0.05, 0) is 24.3 Å². The van der Waals surface area contributed by atoms with Gasteiger partial charge in [0.15, 0.2) is 12.6 Å². The number of methoxy groups -OCH3 is 2. The van der Waals surface area contributed by atoms with Gasteiger partial charge in [0.1, 0.15) is 5.75 Å². The van der Waals surface area contributed by atoms with E-state index in [1.807, 2.05) is 0 Å². The van der Waals surface area contributed by atoms with E-state index in [4.69, 9.17) is 9.47 Å². The van der Waals surface area contributed by atoms with Gasteiger partial charge < -0.3 is 14.2 Å². The summed E-state index contributed by atoms with van der Waals surface area (Å²) in [4.78, 5) is 0. The minimum atomic E-state index is -1.89. The lowest BCUT2D eigenvalue weighted by molar-refractivity contribution is 0.0283. The highest BCUT2D eigenvalue weighted by atomic mass is 19.3. The van der Waals surface area contributed by atoms with Crippen molar-refractivity contribution >= 4 is 5.76 Å². The van der Waals surface area contributed by atoms with Crippen molar-refractivity contribution in [3.63, 3.8) is 0 Å². The van der Waals surface area contributed by atoms with Crippen LogP contribution in [0.1, 0.15) is 5.56 Å². The summed E-state index contributed by atoms with van der Waals surface area (Å²) in [5.74, 6) is 0.110. The van der Waals surface area contributed by atoms with Crippen LogP contribution < -0.4 is 4.74 Å². The van der Waals surface area contributed by atoms with E-state index in [9.17, 15) is 8.78 Å². The molecule has 0 unspecified atom stereocenters. The number of ether oxygens (including phenoxy) is 3. The molecule has 0 amide bonds. The first-order valence-corrected chi connectivity index (χ1v) is 4.50. The lowest BCUT2D eigenvalue weighted by Crippen LogP contribution is -1.97. The van der Waals surface area contributed by atoms with Gasteiger partial charge in [-0.1, -0.05) is 0 Å². The number of hydrogen-bond acceptors (Lipinski definition) is 3. The Morgan fingerprint density at radius 2 is 1.75 bits per heavy atom. The maximum atomic E-state index is 12.6.